The van der Waals surface area contributed by atoms with Gasteiger partial charge >= 0.3 is 0 Å². The highest BCUT2D eigenvalue weighted by molar-refractivity contribution is 5.79. The van der Waals surface area contributed by atoms with Gasteiger partial charge < -0.3 is 15.5 Å². The monoisotopic (exact) mass is 363 g/mol. The molecule has 0 radical (unpaired) electrons. The van der Waals surface area contributed by atoms with Gasteiger partial charge in [0.2, 0.25) is 0 Å². The maximum Gasteiger partial charge on any atom is 0.191 e. The van der Waals surface area contributed by atoms with Crippen molar-refractivity contribution in [3.63, 3.8) is 0 Å². The summed E-state index contributed by atoms with van der Waals surface area (Å²) in [7, 11) is 3.84. The molecular weight excluding hydrogens is 326 g/mol. The number of aromatic nitrogens is 2. The molecule has 1 aliphatic rings. The van der Waals surface area contributed by atoms with Gasteiger partial charge in [0, 0.05) is 65.1 Å². The van der Waals surface area contributed by atoms with Gasteiger partial charge in [-0.3, -0.25) is 14.6 Å². The van der Waals surface area contributed by atoms with Crippen molar-refractivity contribution >= 4 is 5.96 Å². The van der Waals surface area contributed by atoms with Gasteiger partial charge in [0.05, 0.1) is 5.69 Å². The molecule has 1 fully saturated rings. The van der Waals surface area contributed by atoms with Gasteiger partial charge in [0.15, 0.2) is 5.96 Å². The van der Waals surface area contributed by atoms with Crippen LogP contribution in [-0.2, 0) is 13.5 Å². The Morgan fingerprint density at radius 1 is 1.19 bits per heavy atom. The van der Waals surface area contributed by atoms with Gasteiger partial charge in [-0.15, -0.1) is 0 Å². The highest BCUT2D eigenvalue weighted by Gasteiger charge is 2.16. The summed E-state index contributed by atoms with van der Waals surface area (Å²) in [4.78, 5) is 9.41. The molecule has 0 bridgehead atoms. The number of aliphatic imine (C=N–C) groups is 1. The Hall–Kier alpha value is -1.60. The van der Waals surface area contributed by atoms with Crippen LogP contribution in [0.5, 0.6) is 0 Å². The Bertz CT molecular complexity index is 585. The van der Waals surface area contributed by atoms with Gasteiger partial charge in [-0.25, -0.2) is 0 Å². The van der Waals surface area contributed by atoms with E-state index in [9.17, 15) is 0 Å². The zero-order valence-corrected chi connectivity index (χ0v) is 17.5. The third-order valence-corrected chi connectivity index (χ3v) is 5.41. The number of hydrogen-bond acceptors (Lipinski definition) is 4. The van der Waals surface area contributed by atoms with Gasteiger partial charge in [-0.05, 0) is 39.3 Å². The zero-order valence-electron chi connectivity index (χ0n) is 17.5. The van der Waals surface area contributed by atoms with Crippen LogP contribution in [0.1, 0.15) is 30.8 Å². The lowest BCUT2D eigenvalue weighted by molar-refractivity contribution is 0.139. The molecule has 0 amide bonds. The Morgan fingerprint density at radius 2 is 1.85 bits per heavy atom. The molecule has 2 rings (SSSR count). The molecule has 1 aliphatic heterocycles. The summed E-state index contributed by atoms with van der Waals surface area (Å²) in [6, 6.07) is 0.302. The van der Waals surface area contributed by atoms with Gasteiger partial charge in [-0.2, -0.15) is 5.10 Å². The highest BCUT2D eigenvalue weighted by atomic mass is 15.3. The lowest BCUT2D eigenvalue weighted by Crippen LogP contribution is -2.50. The second-order valence-electron chi connectivity index (χ2n) is 7.30. The van der Waals surface area contributed by atoms with Crippen LogP contribution in [0.2, 0.25) is 0 Å². The van der Waals surface area contributed by atoms with E-state index in [1.54, 1.807) is 0 Å². The molecule has 26 heavy (non-hydrogen) atoms. The van der Waals surface area contributed by atoms with Crippen LogP contribution in [0.15, 0.2) is 4.99 Å². The fourth-order valence-corrected chi connectivity index (χ4v) is 3.56. The molecule has 7 heteroatoms. The molecule has 0 aliphatic carbocycles. The molecule has 0 spiro atoms. The minimum absolute atomic E-state index is 0.302. The summed E-state index contributed by atoms with van der Waals surface area (Å²) in [6.45, 7) is 16.5. The van der Waals surface area contributed by atoms with E-state index in [4.69, 9.17) is 0 Å². The molecule has 1 atom stereocenters. The number of rotatable bonds is 7. The Kier molecular flexibility index (Phi) is 7.90. The van der Waals surface area contributed by atoms with Crippen LogP contribution in [-0.4, -0.2) is 84.4 Å². The largest absolute Gasteiger partial charge is 0.355 e. The van der Waals surface area contributed by atoms with Gasteiger partial charge in [-0.1, -0.05) is 6.92 Å². The molecule has 1 unspecified atom stereocenters. The smallest absolute Gasteiger partial charge is 0.191 e. The molecule has 0 saturated carbocycles. The first-order valence-corrected chi connectivity index (χ1v) is 9.85. The predicted molar refractivity (Wildman–Crippen MR) is 109 cm³/mol. The maximum absolute atomic E-state index is 4.51. The Labute approximate surface area is 158 Å². The SMILES string of the molecule is CCN1CCN(CCNC(=NC)NC(C)Cc2c(C)nn(C)c2C)CC1. The number of likely N-dealkylation sites (N-methyl/N-ethyl adjacent to an activating group) is 1. The number of piperazine rings is 1. The minimum atomic E-state index is 0.302. The number of nitrogens with one attached hydrogen (secondary N) is 2. The highest BCUT2D eigenvalue weighted by Crippen LogP contribution is 2.14. The average Bonchev–Trinajstić information content (AvgIpc) is 2.87. The van der Waals surface area contributed by atoms with Gasteiger partial charge in [0.1, 0.15) is 0 Å². The van der Waals surface area contributed by atoms with Crippen molar-refractivity contribution < 1.29 is 0 Å². The van der Waals surface area contributed by atoms with Crippen molar-refractivity contribution in [1.29, 1.82) is 0 Å². The van der Waals surface area contributed by atoms with Crippen molar-refractivity contribution in [3.8, 4) is 0 Å². The zero-order chi connectivity index (χ0) is 19.1. The van der Waals surface area contributed by atoms with Crippen LogP contribution < -0.4 is 10.6 Å². The first-order chi connectivity index (χ1) is 12.4. The van der Waals surface area contributed by atoms with E-state index < -0.39 is 0 Å². The standard InChI is InChI=1S/C19H37N7/c1-7-25-10-12-26(13-11-25)9-8-21-19(20-5)22-15(2)14-18-16(3)23-24(6)17(18)4/h15H,7-14H2,1-6H3,(H2,20,21,22). The molecule has 1 aromatic rings. The fourth-order valence-electron chi connectivity index (χ4n) is 3.56. The Morgan fingerprint density at radius 3 is 2.38 bits per heavy atom. The van der Waals surface area contributed by atoms with E-state index in [1.165, 1.54) is 24.3 Å². The van der Waals surface area contributed by atoms with Crippen molar-refractivity contribution in [3.05, 3.63) is 17.0 Å². The summed E-state index contributed by atoms with van der Waals surface area (Å²) in [5.74, 6) is 0.879. The predicted octanol–water partition coefficient (Wildman–Crippen LogP) is 0.770. The van der Waals surface area contributed by atoms with Crippen LogP contribution in [0.3, 0.4) is 0 Å². The number of hydrogen-bond donors (Lipinski definition) is 2. The van der Waals surface area contributed by atoms with Crippen LogP contribution in [0.4, 0.5) is 0 Å². The maximum atomic E-state index is 4.51. The van der Waals surface area contributed by atoms with Crippen molar-refractivity contribution in [2.45, 2.75) is 40.2 Å². The summed E-state index contributed by atoms with van der Waals surface area (Å²) >= 11 is 0. The topological polar surface area (TPSA) is 60.7 Å². The van der Waals surface area contributed by atoms with Gasteiger partial charge in [0.25, 0.3) is 0 Å². The molecular formula is C19H37N7. The molecule has 7 nitrogen and oxygen atoms in total. The van der Waals surface area contributed by atoms with E-state index in [0.717, 1.165) is 50.8 Å². The molecule has 2 N–H and O–H groups in total. The molecule has 1 saturated heterocycles. The van der Waals surface area contributed by atoms with E-state index >= 15 is 0 Å². The minimum Gasteiger partial charge on any atom is -0.355 e. The lowest BCUT2D eigenvalue weighted by atomic mass is 10.1. The number of nitrogens with zero attached hydrogens (tertiary/aromatic N) is 5. The first kappa shape index (κ1) is 20.7. The lowest BCUT2D eigenvalue weighted by Gasteiger charge is -2.34. The van der Waals surface area contributed by atoms with Crippen LogP contribution in [0.25, 0.3) is 0 Å². The molecule has 0 aromatic carbocycles. The molecule has 2 heterocycles. The third kappa shape index (κ3) is 5.71. The summed E-state index contributed by atoms with van der Waals surface area (Å²) < 4.78 is 1.96. The number of aryl methyl sites for hydroxylation is 2. The molecule has 1 aromatic heterocycles. The molecule has 148 valence electrons. The fraction of sp³-hybridized carbons (Fsp3) is 0.789. The summed E-state index contributed by atoms with van der Waals surface area (Å²) in [5.41, 5.74) is 3.69. The van der Waals surface area contributed by atoms with E-state index in [0.29, 0.717) is 6.04 Å². The number of guanidine groups is 1. The van der Waals surface area contributed by atoms with Crippen molar-refractivity contribution in [2.75, 3.05) is 52.9 Å². The summed E-state index contributed by atoms with van der Waals surface area (Å²) in [5, 5.41) is 11.5. The second-order valence-corrected chi connectivity index (χ2v) is 7.30. The van der Waals surface area contributed by atoms with Crippen molar-refractivity contribution in [2.24, 2.45) is 12.0 Å². The third-order valence-electron chi connectivity index (χ3n) is 5.41. The van der Waals surface area contributed by atoms with Crippen LogP contribution in [0, 0.1) is 13.8 Å². The van der Waals surface area contributed by atoms with E-state index in [1.807, 2.05) is 18.8 Å². The van der Waals surface area contributed by atoms with E-state index in [2.05, 4.69) is 58.2 Å². The van der Waals surface area contributed by atoms with Crippen LogP contribution >= 0.6 is 0 Å². The summed E-state index contributed by atoms with van der Waals surface area (Å²) in [6.07, 6.45) is 0.950. The Balaban J connectivity index is 1.73. The van der Waals surface area contributed by atoms with Crippen molar-refractivity contribution in [1.82, 2.24) is 30.2 Å². The average molecular weight is 364 g/mol. The second kappa shape index (κ2) is 9.92. The first-order valence-electron chi connectivity index (χ1n) is 9.85. The van der Waals surface area contributed by atoms with E-state index in [-0.39, 0.29) is 0 Å². The quantitative estimate of drug-likeness (QED) is 0.554. The normalized spacial score (nSPS) is 18.2.